The topological polar surface area (TPSA) is 12.0 Å². The summed E-state index contributed by atoms with van der Waals surface area (Å²) in [6.45, 7) is 2.03. The van der Waals surface area contributed by atoms with Gasteiger partial charge in [0, 0.05) is 16.3 Å². The third-order valence-corrected chi connectivity index (χ3v) is 4.11. The molecule has 1 unspecified atom stereocenters. The largest absolute Gasteiger partial charge is 0.378 e. The maximum atomic E-state index is 6.11. The number of anilines is 1. The third kappa shape index (κ3) is 3.29. The maximum absolute atomic E-state index is 6.11. The van der Waals surface area contributed by atoms with Crippen molar-refractivity contribution < 1.29 is 0 Å². The van der Waals surface area contributed by atoms with Crippen molar-refractivity contribution in [3.8, 4) is 0 Å². The molecule has 90 valence electrons. The number of hydrogen-bond donors (Lipinski definition) is 1. The van der Waals surface area contributed by atoms with Gasteiger partial charge in [-0.3, -0.25) is 0 Å². The second kappa shape index (κ2) is 5.49. The van der Waals surface area contributed by atoms with Gasteiger partial charge >= 0.3 is 0 Å². The summed E-state index contributed by atoms with van der Waals surface area (Å²) in [5.74, 6) is 0. The molecule has 0 bridgehead atoms. The van der Waals surface area contributed by atoms with Gasteiger partial charge in [0.05, 0.1) is 14.7 Å². The Morgan fingerprint density at radius 1 is 1.18 bits per heavy atom. The molecule has 0 aliphatic carbocycles. The molecule has 2 rings (SSSR count). The molecule has 1 aromatic heterocycles. The first kappa shape index (κ1) is 13.0. The summed E-state index contributed by atoms with van der Waals surface area (Å²) in [6.07, 6.45) is 0. The average molecular weight is 307 g/mol. The van der Waals surface area contributed by atoms with Crippen LogP contribution in [-0.4, -0.2) is 0 Å². The van der Waals surface area contributed by atoms with Crippen molar-refractivity contribution in [2.45, 2.75) is 13.0 Å². The lowest BCUT2D eigenvalue weighted by molar-refractivity contribution is 0.891. The van der Waals surface area contributed by atoms with Crippen LogP contribution in [0, 0.1) is 0 Å². The van der Waals surface area contributed by atoms with Gasteiger partial charge in [0.2, 0.25) is 0 Å². The lowest BCUT2D eigenvalue weighted by atomic mass is 10.1. The van der Waals surface area contributed by atoms with E-state index in [1.807, 2.05) is 37.3 Å². The number of rotatable bonds is 3. The lowest BCUT2D eigenvalue weighted by Crippen LogP contribution is -2.05. The molecule has 1 aromatic carbocycles. The van der Waals surface area contributed by atoms with Crippen LogP contribution >= 0.6 is 46.1 Å². The van der Waals surface area contributed by atoms with Crippen LogP contribution in [0.2, 0.25) is 13.7 Å². The van der Waals surface area contributed by atoms with Crippen molar-refractivity contribution in [3.63, 3.8) is 0 Å². The minimum atomic E-state index is 0.0877. The average Bonchev–Trinajstić information content (AvgIpc) is 2.58. The molecule has 1 N–H and O–H groups in total. The molecule has 2 aromatic rings. The van der Waals surface area contributed by atoms with Gasteiger partial charge < -0.3 is 5.32 Å². The molecule has 1 heterocycles. The molecule has 0 radical (unpaired) electrons. The normalized spacial score (nSPS) is 12.5. The van der Waals surface area contributed by atoms with E-state index in [0.29, 0.717) is 9.36 Å². The quantitative estimate of drug-likeness (QED) is 0.746. The summed E-state index contributed by atoms with van der Waals surface area (Å²) in [4.78, 5) is 0. The highest BCUT2D eigenvalue weighted by molar-refractivity contribution is 7.20. The van der Waals surface area contributed by atoms with Crippen LogP contribution in [-0.2, 0) is 0 Å². The highest BCUT2D eigenvalue weighted by Crippen LogP contribution is 2.36. The first-order valence-electron chi connectivity index (χ1n) is 5.03. The predicted molar refractivity (Wildman–Crippen MR) is 77.8 cm³/mol. The zero-order valence-corrected chi connectivity index (χ0v) is 12.1. The first-order chi connectivity index (χ1) is 8.06. The van der Waals surface area contributed by atoms with Crippen LogP contribution in [0.5, 0.6) is 0 Å². The molecule has 17 heavy (non-hydrogen) atoms. The van der Waals surface area contributed by atoms with Crippen molar-refractivity contribution in [2.24, 2.45) is 0 Å². The van der Waals surface area contributed by atoms with Gasteiger partial charge in [0.15, 0.2) is 0 Å². The Bertz CT molecular complexity index is 524. The molecule has 1 atom stereocenters. The molecule has 1 nitrogen and oxygen atoms in total. The third-order valence-electron chi connectivity index (χ3n) is 2.36. The molecular formula is C12H10Cl3NS. The van der Waals surface area contributed by atoms with Crippen molar-refractivity contribution >= 4 is 51.8 Å². The number of halogens is 3. The van der Waals surface area contributed by atoms with Crippen molar-refractivity contribution in [1.82, 2.24) is 0 Å². The van der Waals surface area contributed by atoms with Gasteiger partial charge in [-0.2, -0.15) is 0 Å². The summed E-state index contributed by atoms with van der Waals surface area (Å²) in [5.41, 5.74) is 1.96. The Balaban J connectivity index is 2.16. The van der Waals surface area contributed by atoms with E-state index in [1.54, 1.807) is 0 Å². The van der Waals surface area contributed by atoms with E-state index in [-0.39, 0.29) is 6.04 Å². The Morgan fingerprint density at radius 3 is 2.53 bits per heavy atom. The molecule has 0 fully saturated rings. The van der Waals surface area contributed by atoms with E-state index >= 15 is 0 Å². The number of nitrogens with one attached hydrogen (secondary N) is 1. The van der Waals surface area contributed by atoms with Crippen molar-refractivity contribution in [2.75, 3.05) is 5.32 Å². The van der Waals surface area contributed by atoms with Gasteiger partial charge in [-0.25, -0.2) is 0 Å². The van der Waals surface area contributed by atoms with Crippen molar-refractivity contribution in [3.05, 3.63) is 49.6 Å². The van der Waals surface area contributed by atoms with Crippen LogP contribution in [0.15, 0.2) is 30.3 Å². The molecule has 0 spiro atoms. The predicted octanol–water partition coefficient (Wildman–Crippen LogP) is 5.88. The van der Waals surface area contributed by atoms with E-state index < -0.39 is 0 Å². The Kier molecular flexibility index (Phi) is 4.21. The van der Waals surface area contributed by atoms with Crippen LogP contribution in [0.4, 0.5) is 5.69 Å². The fraction of sp³-hybridized carbons (Fsp3) is 0.167. The van der Waals surface area contributed by atoms with E-state index in [9.17, 15) is 0 Å². The molecule has 0 amide bonds. The maximum Gasteiger partial charge on any atom is 0.0996 e. The Hall–Kier alpha value is -0.410. The van der Waals surface area contributed by atoms with E-state index in [0.717, 1.165) is 15.6 Å². The summed E-state index contributed by atoms with van der Waals surface area (Å²) >= 11 is 19.3. The monoisotopic (exact) mass is 305 g/mol. The molecule has 0 saturated heterocycles. The van der Waals surface area contributed by atoms with Crippen LogP contribution < -0.4 is 5.32 Å². The lowest BCUT2D eigenvalue weighted by Gasteiger charge is -2.14. The summed E-state index contributed by atoms with van der Waals surface area (Å²) in [7, 11) is 0. The van der Waals surface area contributed by atoms with Gasteiger partial charge in [-0.15, -0.1) is 11.3 Å². The summed E-state index contributed by atoms with van der Waals surface area (Å²) in [6, 6.07) is 9.55. The fourth-order valence-electron chi connectivity index (χ4n) is 1.55. The van der Waals surface area contributed by atoms with E-state index in [2.05, 4.69) is 5.32 Å². The van der Waals surface area contributed by atoms with Crippen LogP contribution in [0.25, 0.3) is 0 Å². The molecular weight excluding hydrogens is 297 g/mol. The summed E-state index contributed by atoms with van der Waals surface area (Å²) < 4.78 is 1.42. The zero-order valence-electron chi connectivity index (χ0n) is 9.01. The smallest absolute Gasteiger partial charge is 0.0996 e. The van der Waals surface area contributed by atoms with Gasteiger partial charge in [-0.05, 0) is 31.2 Å². The fourth-order valence-corrected chi connectivity index (χ4v) is 3.39. The van der Waals surface area contributed by atoms with Gasteiger partial charge in [-0.1, -0.05) is 40.9 Å². The van der Waals surface area contributed by atoms with Crippen molar-refractivity contribution in [1.29, 1.82) is 0 Å². The first-order valence-corrected chi connectivity index (χ1v) is 6.98. The molecule has 5 heteroatoms. The SMILES string of the molecule is CC(Nc1cccc(Cl)c1)c1cc(Cl)sc1Cl. The standard InChI is InChI=1S/C12H10Cl3NS/c1-7(10-6-11(14)17-12(10)15)16-9-4-2-3-8(13)5-9/h2-7,16H,1H3. The van der Waals surface area contributed by atoms with Crippen LogP contribution in [0.1, 0.15) is 18.5 Å². The van der Waals surface area contributed by atoms with E-state index in [4.69, 9.17) is 34.8 Å². The minimum Gasteiger partial charge on any atom is -0.378 e. The number of benzene rings is 1. The second-order valence-corrected chi connectivity index (χ2v) is 6.38. The number of thiophene rings is 1. The Labute approximate surface area is 119 Å². The van der Waals surface area contributed by atoms with E-state index in [1.165, 1.54) is 11.3 Å². The van der Waals surface area contributed by atoms with Gasteiger partial charge in [0.25, 0.3) is 0 Å². The minimum absolute atomic E-state index is 0.0877. The second-order valence-electron chi connectivity index (χ2n) is 3.66. The highest BCUT2D eigenvalue weighted by Gasteiger charge is 2.13. The van der Waals surface area contributed by atoms with Gasteiger partial charge in [0.1, 0.15) is 0 Å². The Morgan fingerprint density at radius 2 is 1.94 bits per heavy atom. The van der Waals surface area contributed by atoms with Crippen LogP contribution in [0.3, 0.4) is 0 Å². The molecule has 0 saturated carbocycles. The highest BCUT2D eigenvalue weighted by atomic mass is 35.5. The zero-order chi connectivity index (χ0) is 12.4. The molecule has 0 aliphatic heterocycles. The summed E-state index contributed by atoms with van der Waals surface area (Å²) in [5, 5.41) is 4.04. The number of hydrogen-bond acceptors (Lipinski definition) is 2. The molecule has 0 aliphatic rings.